The fourth-order valence-corrected chi connectivity index (χ4v) is 2.83. The van der Waals surface area contributed by atoms with Crippen molar-refractivity contribution >= 4 is 0 Å². The largest absolute Gasteiger partial charge is 0.255 e. The lowest BCUT2D eigenvalue weighted by Gasteiger charge is -2.13. The van der Waals surface area contributed by atoms with E-state index in [4.69, 9.17) is 0 Å². The van der Waals surface area contributed by atoms with E-state index in [1.54, 1.807) is 6.20 Å². The van der Waals surface area contributed by atoms with Crippen LogP contribution < -0.4 is 0 Å². The summed E-state index contributed by atoms with van der Waals surface area (Å²) < 4.78 is 15.0. The molecule has 1 nitrogen and oxygen atoms in total. The lowest BCUT2D eigenvalue weighted by Crippen LogP contribution is -2.00. The molecule has 0 aliphatic heterocycles. The summed E-state index contributed by atoms with van der Waals surface area (Å²) in [6, 6.07) is 19.5. The van der Waals surface area contributed by atoms with Crippen LogP contribution in [0.15, 0.2) is 66.9 Å². The molecule has 0 atom stereocenters. The number of halogens is 1. The summed E-state index contributed by atoms with van der Waals surface area (Å²) in [6.45, 7) is 4.20. The molecule has 1 heterocycles. The maximum atomic E-state index is 15.0. The Bertz CT molecular complexity index is 794. The fraction of sp³-hybridized carbons (Fsp3) is 0.190. The fourth-order valence-electron chi connectivity index (χ4n) is 2.83. The zero-order valence-corrected chi connectivity index (χ0v) is 13.5. The SMILES string of the molecule is CC(C)Cc1cccc(-c2ncccc2-c2ccccc2)c1F. The second-order valence-electron chi connectivity index (χ2n) is 6.14. The van der Waals surface area contributed by atoms with Gasteiger partial charge in [0.15, 0.2) is 0 Å². The van der Waals surface area contributed by atoms with E-state index >= 15 is 0 Å². The highest BCUT2D eigenvalue weighted by molar-refractivity contribution is 5.81. The average Bonchev–Trinajstić information content (AvgIpc) is 2.57. The third-order valence-corrected chi connectivity index (χ3v) is 3.85. The molecule has 0 unspecified atom stereocenters. The molecular formula is C21H20FN. The lowest BCUT2D eigenvalue weighted by molar-refractivity contribution is 0.576. The number of hydrogen-bond acceptors (Lipinski definition) is 1. The smallest absolute Gasteiger partial charge is 0.135 e. The summed E-state index contributed by atoms with van der Waals surface area (Å²) in [4.78, 5) is 4.47. The predicted octanol–water partition coefficient (Wildman–Crippen LogP) is 5.75. The molecule has 23 heavy (non-hydrogen) atoms. The summed E-state index contributed by atoms with van der Waals surface area (Å²) in [5.41, 5.74) is 4.02. The Hall–Kier alpha value is -2.48. The molecule has 0 radical (unpaired) electrons. The van der Waals surface area contributed by atoms with E-state index in [1.165, 1.54) is 0 Å². The number of nitrogens with zero attached hydrogens (tertiary/aromatic N) is 1. The van der Waals surface area contributed by atoms with Crippen LogP contribution in [-0.2, 0) is 6.42 Å². The van der Waals surface area contributed by atoms with Crippen LogP contribution in [-0.4, -0.2) is 4.98 Å². The minimum Gasteiger partial charge on any atom is -0.255 e. The van der Waals surface area contributed by atoms with E-state index in [-0.39, 0.29) is 5.82 Å². The Morgan fingerprint density at radius 3 is 2.35 bits per heavy atom. The molecule has 3 rings (SSSR count). The zero-order valence-electron chi connectivity index (χ0n) is 13.5. The third-order valence-electron chi connectivity index (χ3n) is 3.85. The van der Waals surface area contributed by atoms with Gasteiger partial charge in [-0.15, -0.1) is 0 Å². The molecular weight excluding hydrogens is 285 g/mol. The summed E-state index contributed by atoms with van der Waals surface area (Å²) in [6.07, 6.45) is 2.45. The highest BCUT2D eigenvalue weighted by Gasteiger charge is 2.15. The van der Waals surface area contributed by atoms with Gasteiger partial charge in [-0.25, -0.2) is 4.39 Å². The first-order valence-corrected chi connectivity index (χ1v) is 7.95. The minimum atomic E-state index is -0.155. The van der Waals surface area contributed by atoms with Gasteiger partial charge in [-0.3, -0.25) is 4.98 Å². The molecule has 1 aromatic heterocycles. The second kappa shape index (κ2) is 6.74. The highest BCUT2D eigenvalue weighted by atomic mass is 19.1. The Morgan fingerprint density at radius 1 is 0.870 bits per heavy atom. The number of rotatable bonds is 4. The number of pyridine rings is 1. The molecule has 2 heteroatoms. The number of benzene rings is 2. The van der Waals surface area contributed by atoms with Gasteiger partial charge in [0.1, 0.15) is 5.82 Å². The molecule has 0 aliphatic rings. The Balaban J connectivity index is 2.14. The van der Waals surface area contributed by atoms with Crippen molar-refractivity contribution < 1.29 is 4.39 Å². The van der Waals surface area contributed by atoms with Crippen molar-refractivity contribution in [3.63, 3.8) is 0 Å². The normalized spacial score (nSPS) is 11.0. The van der Waals surface area contributed by atoms with Crippen molar-refractivity contribution in [1.29, 1.82) is 0 Å². The van der Waals surface area contributed by atoms with E-state index in [9.17, 15) is 4.39 Å². The maximum absolute atomic E-state index is 15.0. The van der Waals surface area contributed by atoms with Crippen molar-refractivity contribution in [2.75, 3.05) is 0 Å². The van der Waals surface area contributed by atoms with Gasteiger partial charge in [0, 0.05) is 17.3 Å². The van der Waals surface area contributed by atoms with Gasteiger partial charge in [-0.1, -0.05) is 62.4 Å². The summed E-state index contributed by atoms with van der Waals surface area (Å²) in [5.74, 6) is 0.258. The number of hydrogen-bond donors (Lipinski definition) is 0. The Morgan fingerprint density at radius 2 is 1.61 bits per heavy atom. The summed E-state index contributed by atoms with van der Waals surface area (Å²) >= 11 is 0. The van der Waals surface area contributed by atoms with E-state index < -0.39 is 0 Å². The monoisotopic (exact) mass is 305 g/mol. The zero-order chi connectivity index (χ0) is 16.2. The van der Waals surface area contributed by atoms with E-state index in [0.717, 1.165) is 23.1 Å². The summed E-state index contributed by atoms with van der Waals surface area (Å²) in [5, 5.41) is 0. The minimum absolute atomic E-state index is 0.155. The number of aromatic nitrogens is 1. The van der Waals surface area contributed by atoms with Crippen LogP contribution in [0, 0.1) is 11.7 Å². The van der Waals surface area contributed by atoms with Crippen LogP contribution in [0.5, 0.6) is 0 Å². The van der Waals surface area contributed by atoms with E-state index in [0.29, 0.717) is 17.2 Å². The van der Waals surface area contributed by atoms with Crippen molar-refractivity contribution in [2.24, 2.45) is 5.92 Å². The maximum Gasteiger partial charge on any atom is 0.135 e. The quantitative estimate of drug-likeness (QED) is 0.597. The molecule has 0 bridgehead atoms. The molecule has 2 aromatic carbocycles. The first kappa shape index (κ1) is 15.4. The topological polar surface area (TPSA) is 12.9 Å². The molecule has 0 N–H and O–H groups in total. The van der Waals surface area contributed by atoms with Crippen molar-refractivity contribution in [1.82, 2.24) is 4.98 Å². The van der Waals surface area contributed by atoms with E-state index in [2.05, 4.69) is 18.8 Å². The van der Waals surface area contributed by atoms with Gasteiger partial charge in [0.05, 0.1) is 5.69 Å². The van der Waals surface area contributed by atoms with Gasteiger partial charge >= 0.3 is 0 Å². The van der Waals surface area contributed by atoms with Crippen LogP contribution >= 0.6 is 0 Å². The van der Waals surface area contributed by atoms with Crippen LogP contribution in [0.25, 0.3) is 22.4 Å². The van der Waals surface area contributed by atoms with Crippen LogP contribution in [0.4, 0.5) is 4.39 Å². The van der Waals surface area contributed by atoms with Crippen LogP contribution in [0.2, 0.25) is 0 Å². The molecule has 0 spiro atoms. The first-order valence-electron chi connectivity index (χ1n) is 7.95. The Labute approximate surface area is 136 Å². The highest BCUT2D eigenvalue weighted by Crippen LogP contribution is 2.32. The molecule has 0 fully saturated rings. The average molecular weight is 305 g/mol. The molecule has 0 saturated heterocycles. The van der Waals surface area contributed by atoms with Crippen molar-refractivity contribution in [2.45, 2.75) is 20.3 Å². The third kappa shape index (κ3) is 3.31. The molecule has 0 aliphatic carbocycles. The van der Waals surface area contributed by atoms with Crippen LogP contribution in [0.1, 0.15) is 19.4 Å². The van der Waals surface area contributed by atoms with E-state index in [1.807, 2.05) is 60.7 Å². The molecule has 0 amide bonds. The van der Waals surface area contributed by atoms with Gasteiger partial charge in [-0.2, -0.15) is 0 Å². The molecule has 116 valence electrons. The summed E-state index contributed by atoms with van der Waals surface area (Å²) in [7, 11) is 0. The van der Waals surface area contributed by atoms with Gasteiger partial charge in [-0.05, 0) is 35.6 Å². The lowest BCUT2D eigenvalue weighted by atomic mass is 9.95. The standard InChI is InChI=1S/C21H20FN/c1-15(2)14-17-10-6-11-19(20(17)22)21-18(12-7-13-23-21)16-8-4-3-5-9-16/h3-13,15H,14H2,1-2H3. The van der Waals surface area contributed by atoms with Gasteiger partial charge in [0.2, 0.25) is 0 Å². The Kier molecular flexibility index (Phi) is 4.52. The predicted molar refractivity (Wildman–Crippen MR) is 93.6 cm³/mol. The van der Waals surface area contributed by atoms with Crippen molar-refractivity contribution in [3.05, 3.63) is 78.2 Å². The van der Waals surface area contributed by atoms with Crippen molar-refractivity contribution in [3.8, 4) is 22.4 Å². The molecule has 3 aromatic rings. The molecule has 0 saturated carbocycles. The first-order chi connectivity index (χ1) is 11.2. The second-order valence-corrected chi connectivity index (χ2v) is 6.14. The van der Waals surface area contributed by atoms with Crippen LogP contribution in [0.3, 0.4) is 0 Å². The van der Waals surface area contributed by atoms with Gasteiger partial charge in [0.25, 0.3) is 0 Å². The van der Waals surface area contributed by atoms with Gasteiger partial charge < -0.3 is 0 Å².